The Kier molecular flexibility index (Phi) is 17.6. The summed E-state index contributed by atoms with van der Waals surface area (Å²) in [5, 5.41) is 19.7. The van der Waals surface area contributed by atoms with Crippen LogP contribution in [0.5, 0.6) is 0 Å². The highest BCUT2D eigenvalue weighted by Crippen LogP contribution is 2.29. The van der Waals surface area contributed by atoms with Crippen molar-refractivity contribution in [3.8, 4) is 34.9 Å². The SMILES string of the molecule is C#Cc1ccc(Br)c(F)c1.CC(C)(C)c1ccc(-c2cnnn2Cc2ccccc2)cc1F.Fc1cc(-c2cn(Cc3ccccc3)nn2)ccc1Br.[N-]=[N+]=NCc1ccccc1. The number of azide groups is 1. The number of benzene rings is 6. The van der Waals surface area contributed by atoms with Crippen LogP contribution in [-0.2, 0) is 25.0 Å². The first-order valence-electron chi connectivity index (χ1n) is 19.4. The standard InChI is InChI=1S/C19H20FN3.C15H11BrFN3.C8H4BrF.C7H7N3/c1-19(2,3)16-10-9-15(11-17(16)20)18-12-21-22-23(18)13-14-7-5-4-6-8-14;16-13-7-6-12(8-14(13)17)15-10-20(19-18-15)9-11-4-2-1-3-5-11;1-2-6-3-4-7(9)8(10)5-6;8-10-9-6-7-4-2-1-3-5-7/h4-12H,13H2,1-3H3;1-8,10H,9H2;1,3-5H;1-5H,6H2. The van der Waals surface area contributed by atoms with Crippen molar-refractivity contribution in [2.24, 2.45) is 5.11 Å². The molecule has 0 bridgehead atoms. The molecule has 8 rings (SSSR count). The van der Waals surface area contributed by atoms with E-state index in [2.05, 4.69) is 68.4 Å². The first-order valence-corrected chi connectivity index (χ1v) is 21.0. The van der Waals surface area contributed by atoms with E-state index in [-0.39, 0.29) is 22.9 Å². The molecule has 0 unspecified atom stereocenters. The van der Waals surface area contributed by atoms with Gasteiger partial charge in [0.25, 0.3) is 0 Å². The van der Waals surface area contributed by atoms with Gasteiger partial charge in [-0.3, -0.25) is 0 Å². The summed E-state index contributed by atoms with van der Waals surface area (Å²) in [6, 6.07) is 44.5. The van der Waals surface area contributed by atoms with E-state index in [1.807, 2.05) is 136 Å². The summed E-state index contributed by atoms with van der Waals surface area (Å²) in [6.07, 6.45) is 8.53. The van der Waals surface area contributed by atoms with E-state index in [9.17, 15) is 13.2 Å². The van der Waals surface area contributed by atoms with Gasteiger partial charge in [-0.2, -0.15) is 0 Å². The molecule has 0 saturated heterocycles. The Morgan fingerprint density at radius 1 is 0.683 bits per heavy atom. The van der Waals surface area contributed by atoms with Crippen LogP contribution in [0.25, 0.3) is 33.0 Å². The van der Waals surface area contributed by atoms with Crippen LogP contribution in [0.2, 0.25) is 0 Å². The number of hydrogen-bond donors (Lipinski definition) is 0. The van der Waals surface area contributed by atoms with E-state index < -0.39 is 0 Å². The molecule has 0 spiro atoms. The Balaban J connectivity index is 0.000000169. The van der Waals surface area contributed by atoms with Gasteiger partial charge >= 0.3 is 0 Å². The monoisotopic (exact) mass is 971 g/mol. The van der Waals surface area contributed by atoms with Crippen molar-refractivity contribution in [2.75, 3.05) is 0 Å². The van der Waals surface area contributed by atoms with E-state index in [1.54, 1.807) is 39.8 Å². The second-order valence-electron chi connectivity index (χ2n) is 14.8. The smallest absolute Gasteiger partial charge is 0.138 e. The molecule has 9 nitrogen and oxygen atoms in total. The van der Waals surface area contributed by atoms with Crippen LogP contribution in [0.15, 0.2) is 172 Å². The van der Waals surface area contributed by atoms with E-state index in [0.29, 0.717) is 51.0 Å². The minimum Gasteiger partial charge on any atom is -0.247 e. The van der Waals surface area contributed by atoms with Gasteiger partial charge in [-0.05, 0) is 101 Å². The third kappa shape index (κ3) is 14.7. The molecule has 6 aromatic carbocycles. The molecule has 0 saturated carbocycles. The molecule has 0 aliphatic rings. The lowest BCUT2D eigenvalue weighted by molar-refractivity contribution is 0.523. The molecule has 0 aliphatic carbocycles. The molecule has 14 heteroatoms. The van der Waals surface area contributed by atoms with Gasteiger partial charge in [-0.1, -0.05) is 151 Å². The maximum Gasteiger partial charge on any atom is 0.138 e. The third-order valence-corrected chi connectivity index (χ3v) is 10.3. The van der Waals surface area contributed by atoms with Crippen LogP contribution in [0, 0.1) is 29.8 Å². The van der Waals surface area contributed by atoms with Crippen molar-refractivity contribution in [3.63, 3.8) is 0 Å². The quantitative estimate of drug-likeness (QED) is 0.0653. The second-order valence-corrected chi connectivity index (χ2v) is 16.5. The van der Waals surface area contributed by atoms with E-state index in [1.165, 1.54) is 12.1 Å². The van der Waals surface area contributed by atoms with Crippen molar-refractivity contribution in [3.05, 3.63) is 223 Å². The van der Waals surface area contributed by atoms with Crippen LogP contribution in [0.4, 0.5) is 13.2 Å². The average molecular weight is 974 g/mol. The maximum atomic E-state index is 14.4. The van der Waals surface area contributed by atoms with Crippen molar-refractivity contribution < 1.29 is 13.2 Å². The highest BCUT2D eigenvalue weighted by molar-refractivity contribution is 9.10. The summed E-state index contributed by atoms with van der Waals surface area (Å²) in [7, 11) is 0. The largest absolute Gasteiger partial charge is 0.247 e. The van der Waals surface area contributed by atoms with Gasteiger partial charge in [0, 0.05) is 21.6 Å². The zero-order valence-corrected chi connectivity index (χ0v) is 37.8. The Bertz CT molecular complexity index is 2780. The van der Waals surface area contributed by atoms with E-state index >= 15 is 0 Å². The topological polar surface area (TPSA) is 110 Å². The summed E-state index contributed by atoms with van der Waals surface area (Å²) in [5.74, 6) is 1.51. The van der Waals surface area contributed by atoms with E-state index in [4.69, 9.17) is 12.0 Å². The van der Waals surface area contributed by atoms with Gasteiger partial charge < -0.3 is 0 Å². The summed E-state index contributed by atoms with van der Waals surface area (Å²) in [6.45, 7) is 7.72. The van der Waals surface area contributed by atoms with Crippen LogP contribution >= 0.6 is 31.9 Å². The Morgan fingerprint density at radius 2 is 1.24 bits per heavy atom. The fourth-order valence-corrected chi connectivity index (χ4v) is 6.35. The summed E-state index contributed by atoms with van der Waals surface area (Å²) in [5.41, 5.74) is 15.3. The minimum absolute atomic E-state index is 0.192. The van der Waals surface area contributed by atoms with Gasteiger partial charge in [0.1, 0.15) is 23.1 Å². The molecule has 2 aromatic heterocycles. The van der Waals surface area contributed by atoms with Crippen LogP contribution in [0.3, 0.4) is 0 Å². The van der Waals surface area contributed by atoms with Gasteiger partial charge in [0.15, 0.2) is 0 Å². The fourth-order valence-electron chi connectivity index (χ4n) is 5.85. The lowest BCUT2D eigenvalue weighted by atomic mass is 9.86. The van der Waals surface area contributed by atoms with Gasteiger partial charge in [-0.15, -0.1) is 16.6 Å². The molecular formula is C49H42Br2F3N9. The molecule has 0 aliphatic heterocycles. The number of terminal acetylenes is 1. The predicted molar refractivity (Wildman–Crippen MR) is 250 cm³/mol. The maximum absolute atomic E-state index is 14.4. The Hall–Kier alpha value is -6.78. The van der Waals surface area contributed by atoms with Gasteiger partial charge in [0.05, 0.1) is 46.7 Å². The lowest BCUT2D eigenvalue weighted by Crippen LogP contribution is -2.13. The Labute approximate surface area is 381 Å². The first kappa shape index (κ1) is 47.3. The number of nitrogens with zero attached hydrogens (tertiary/aromatic N) is 9. The molecule has 0 N–H and O–H groups in total. The zero-order chi connectivity index (χ0) is 45.2. The Morgan fingerprint density at radius 3 is 1.79 bits per heavy atom. The highest BCUT2D eigenvalue weighted by atomic mass is 79.9. The van der Waals surface area contributed by atoms with E-state index in [0.717, 1.165) is 27.9 Å². The van der Waals surface area contributed by atoms with Gasteiger partial charge in [-0.25, -0.2) is 22.5 Å². The van der Waals surface area contributed by atoms with Crippen LogP contribution in [-0.4, -0.2) is 30.0 Å². The molecule has 318 valence electrons. The minimum atomic E-state index is -0.324. The van der Waals surface area contributed by atoms with Crippen molar-refractivity contribution >= 4 is 31.9 Å². The fraction of sp³-hybridized carbons (Fsp3) is 0.143. The molecule has 8 aromatic rings. The van der Waals surface area contributed by atoms with Gasteiger partial charge in [0.2, 0.25) is 0 Å². The number of halogens is 5. The van der Waals surface area contributed by atoms with Crippen molar-refractivity contribution in [1.29, 1.82) is 0 Å². The van der Waals surface area contributed by atoms with Crippen molar-refractivity contribution in [2.45, 2.75) is 45.8 Å². The van der Waals surface area contributed by atoms with Crippen LogP contribution in [0.1, 0.15) is 48.6 Å². The summed E-state index contributed by atoms with van der Waals surface area (Å²) in [4.78, 5) is 2.66. The third-order valence-electron chi connectivity index (χ3n) is 9.05. The number of rotatable bonds is 8. The second kappa shape index (κ2) is 23.4. The molecule has 0 atom stereocenters. The van der Waals surface area contributed by atoms with Crippen LogP contribution < -0.4 is 0 Å². The zero-order valence-electron chi connectivity index (χ0n) is 34.6. The molecule has 2 heterocycles. The highest BCUT2D eigenvalue weighted by Gasteiger charge is 2.19. The molecule has 63 heavy (non-hydrogen) atoms. The number of hydrogen-bond acceptors (Lipinski definition) is 5. The first-order chi connectivity index (χ1) is 30.3. The molecule has 0 amide bonds. The summed E-state index contributed by atoms with van der Waals surface area (Å²) >= 11 is 6.15. The predicted octanol–water partition coefficient (Wildman–Crippen LogP) is 13.4. The average Bonchev–Trinajstić information content (AvgIpc) is 3.96. The molecule has 0 radical (unpaired) electrons. The molecule has 0 fully saturated rings. The lowest BCUT2D eigenvalue weighted by Gasteiger charge is -2.20. The van der Waals surface area contributed by atoms with Crippen molar-refractivity contribution in [1.82, 2.24) is 30.0 Å². The number of aromatic nitrogens is 6. The summed E-state index contributed by atoms with van der Waals surface area (Å²) < 4.78 is 45.0. The molecular weight excluding hydrogens is 931 g/mol. The normalized spacial score (nSPS) is 10.4.